The van der Waals surface area contributed by atoms with Crippen molar-refractivity contribution in [3.8, 4) is 0 Å². The van der Waals surface area contributed by atoms with Crippen LogP contribution in [-0.4, -0.2) is 50.5 Å². The molecule has 7 heteroatoms. The Kier molecular flexibility index (Phi) is 3.79. The van der Waals surface area contributed by atoms with Gasteiger partial charge in [0.05, 0.1) is 12.4 Å². The lowest BCUT2D eigenvalue weighted by Crippen LogP contribution is -2.58. The molecule has 1 saturated carbocycles. The molecule has 2 rings (SSSR count). The predicted octanol–water partition coefficient (Wildman–Crippen LogP) is 1.75. The summed E-state index contributed by atoms with van der Waals surface area (Å²) in [5, 5.41) is 0. The largest absolute Gasteiger partial charge is 0.444 e. The number of carbonyl (C=O) groups is 1. The SMILES string of the molecule is CC(C)(C)OC(=O)N1CC2(CC[C@@H](OS(C)(=O)=O)C2)C1. The van der Waals surface area contributed by atoms with E-state index < -0.39 is 15.7 Å². The van der Waals surface area contributed by atoms with Crippen LogP contribution >= 0.6 is 0 Å². The third kappa shape index (κ3) is 3.85. The van der Waals surface area contributed by atoms with Gasteiger partial charge in [-0.2, -0.15) is 8.42 Å². The molecular formula is C13H23NO5S. The first kappa shape index (κ1) is 15.6. The minimum absolute atomic E-state index is 0.0201. The van der Waals surface area contributed by atoms with E-state index in [0.717, 1.165) is 19.1 Å². The molecule has 0 radical (unpaired) electrons. The van der Waals surface area contributed by atoms with Gasteiger partial charge >= 0.3 is 6.09 Å². The van der Waals surface area contributed by atoms with E-state index >= 15 is 0 Å². The van der Waals surface area contributed by atoms with E-state index in [4.69, 9.17) is 8.92 Å². The molecule has 0 unspecified atom stereocenters. The summed E-state index contributed by atoms with van der Waals surface area (Å²) in [4.78, 5) is 13.5. The Morgan fingerprint density at radius 3 is 2.40 bits per heavy atom. The lowest BCUT2D eigenvalue weighted by molar-refractivity contribution is -0.0349. The predicted molar refractivity (Wildman–Crippen MR) is 73.8 cm³/mol. The van der Waals surface area contributed by atoms with Crippen LogP contribution in [0, 0.1) is 5.41 Å². The van der Waals surface area contributed by atoms with E-state index in [9.17, 15) is 13.2 Å². The van der Waals surface area contributed by atoms with Crippen molar-refractivity contribution in [2.75, 3.05) is 19.3 Å². The van der Waals surface area contributed by atoms with E-state index in [1.165, 1.54) is 0 Å². The van der Waals surface area contributed by atoms with E-state index in [2.05, 4.69) is 0 Å². The molecule has 6 nitrogen and oxygen atoms in total. The molecule has 0 aromatic rings. The van der Waals surface area contributed by atoms with E-state index in [-0.39, 0.29) is 17.6 Å². The topological polar surface area (TPSA) is 72.9 Å². The van der Waals surface area contributed by atoms with Crippen LogP contribution < -0.4 is 0 Å². The third-order valence-electron chi connectivity index (χ3n) is 3.67. The number of likely N-dealkylation sites (tertiary alicyclic amines) is 1. The lowest BCUT2D eigenvalue weighted by Gasteiger charge is -2.48. The molecule has 2 aliphatic rings. The van der Waals surface area contributed by atoms with Gasteiger partial charge in [0, 0.05) is 18.5 Å². The van der Waals surface area contributed by atoms with Crippen molar-refractivity contribution in [3.05, 3.63) is 0 Å². The smallest absolute Gasteiger partial charge is 0.410 e. The zero-order valence-electron chi connectivity index (χ0n) is 12.5. The molecule has 0 N–H and O–H groups in total. The van der Waals surface area contributed by atoms with Crippen molar-refractivity contribution < 1.29 is 22.1 Å². The second kappa shape index (κ2) is 4.87. The van der Waals surface area contributed by atoms with Crippen molar-refractivity contribution >= 4 is 16.2 Å². The zero-order chi connectivity index (χ0) is 15.2. The highest BCUT2D eigenvalue weighted by atomic mass is 32.2. The first-order valence-electron chi connectivity index (χ1n) is 6.84. The summed E-state index contributed by atoms with van der Waals surface area (Å²) in [6, 6.07) is 0. The molecule has 2 fully saturated rings. The molecule has 0 bridgehead atoms. The maximum Gasteiger partial charge on any atom is 0.410 e. The van der Waals surface area contributed by atoms with Gasteiger partial charge in [0.1, 0.15) is 5.60 Å². The number of rotatable bonds is 2. The Bertz CT molecular complexity index is 487. The van der Waals surface area contributed by atoms with Gasteiger partial charge in [-0.1, -0.05) is 0 Å². The Morgan fingerprint density at radius 2 is 1.90 bits per heavy atom. The van der Waals surface area contributed by atoms with Gasteiger partial charge in [0.2, 0.25) is 0 Å². The number of nitrogens with zero attached hydrogens (tertiary/aromatic N) is 1. The Morgan fingerprint density at radius 1 is 1.30 bits per heavy atom. The summed E-state index contributed by atoms with van der Waals surface area (Å²) in [5.74, 6) is 0. The number of hydrogen-bond acceptors (Lipinski definition) is 5. The number of ether oxygens (including phenoxy) is 1. The zero-order valence-corrected chi connectivity index (χ0v) is 13.3. The highest BCUT2D eigenvalue weighted by Crippen LogP contribution is 2.47. The molecule has 20 heavy (non-hydrogen) atoms. The summed E-state index contributed by atoms with van der Waals surface area (Å²) >= 11 is 0. The molecule has 0 aromatic carbocycles. The van der Waals surface area contributed by atoms with Gasteiger partial charge in [-0.25, -0.2) is 4.79 Å². The molecule has 1 aliphatic heterocycles. The van der Waals surface area contributed by atoms with Crippen LogP contribution in [-0.2, 0) is 19.0 Å². The Labute approximate surface area is 120 Å². The minimum atomic E-state index is -3.40. The molecule has 1 aliphatic carbocycles. The average molecular weight is 305 g/mol. The fraction of sp³-hybridized carbons (Fsp3) is 0.923. The minimum Gasteiger partial charge on any atom is -0.444 e. The highest BCUT2D eigenvalue weighted by Gasteiger charge is 2.51. The summed E-state index contributed by atoms with van der Waals surface area (Å²) in [6.45, 7) is 6.78. The van der Waals surface area contributed by atoms with Gasteiger partial charge in [-0.3, -0.25) is 4.18 Å². The summed E-state index contributed by atoms with van der Waals surface area (Å²) < 4.78 is 32.6. The molecule has 116 valence electrons. The molecule has 1 saturated heterocycles. The third-order valence-corrected chi connectivity index (χ3v) is 4.29. The molecule has 1 atom stereocenters. The fourth-order valence-corrected chi connectivity index (χ4v) is 3.65. The van der Waals surface area contributed by atoms with E-state index in [1.807, 2.05) is 20.8 Å². The summed E-state index contributed by atoms with van der Waals surface area (Å²) in [6.07, 6.45) is 2.86. The normalized spacial score (nSPS) is 25.6. The van der Waals surface area contributed by atoms with Crippen molar-refractivity contribution in [2.45, 2.75) is 51.7 Å². The van der Waals surface area contributed by atoms with Gasteiger partial charge in [-0.05, 0) is 40.0 Å². The van der Waals surface area contributed by atoms with Crippen LogP contribution in [0.2, 0.25) is 0 Å². The summed E-state index contributed by atoms with van der Waals surface area (Å²) in [5.41, 5.74) is -0.469. The first-order chi connectivity index (χ1) is 8.98. The highest BCUT2D eigenvalue weighted by molar-refractivity contribution is 7.86. The first-order valence-corrected chi connectivity index (χ1v) is 8.66. The Balaban J connectivity index is 1.83. The average Bonchev–Trinajstić information content (AvgIpc) is 2.53. The molecule has 1 heterocycles. The van der Waals surface area contributed by atoms with Crippen LogP contribution in [0.1, 0.15) is 40.0 Å². The summed E-state index contributed by atoms with van der Waals surface area (Å²) in [7, 11) is -3.40. The van der Waals surface area contributed by atoms with E-state index in [0.29, 0.717) is 19.5 Å². The monoisotopic (exact) mass is 305 g/mol. The molecule has 1 spiro atoms. The van der Waals surface area contributed by atoms with Crippen LogP contribution in [0.4, 0.5) is 4.79 Å². The van der Waals surface area contributed by atoms with Crippen molar-refractivity contribution in [1.29, 1.82) is 0 Å². The molecule has 0 aromatic heterocycles. The molecule has 1 amide bonds. The van der Waals surface area contributed by atoms with Crippen molar-refractivity contribution in [3.63, 3.8) is 0 Å². The standard InChI is InChI=1S/C13H23NO5S/c1-12(2,3)18-11(15)14-8-13(9-14)6-5-10(7-13)19-20(4,16)17/h10H,5-9H2,1-4H3/t10-/m1/s1. The van der Waals surface area contributed by atoms with Crippen LogP contribution in [0.3, 0.4) is 0 Å². The second-order valence-electron chi connectivity index (χ2n) is 7.00. The van der Waals surface area contributed by atoms with Gasteiger partial charge < -0.3 is 9.64 Å². The lowest BCUT2D eigenvalue weighted by atomic mass is 9.78. The Hall–Kier alpha value is -0.820. The van der Waals surface area contributed by atoms with Crippen molar-refractivity contribution in [1.82, 2.24) is 4.90 Å². The number of amides is 1. The maximum absolute atomic E-state index is 11.9. The van der Waals surface area contributed by atoms with Crippen LogP contribution in [0.25, 0.3) is 0 Å². The number of hydrogen-bond donors (Lipinski definition) is 0. The van der Waals surface area contributed by atoms with Gasteiger partial charge in [-0.15, -0.1) is 0 Å². The number of carbonyl (C=O) groups excluding carboxylic acids is 1. The maximum atomic E-state index is 11.9. The second-order valence-corrected chi connectivity index (χ2v) is 8.60. The van der Waals surface area contributed by atoms with Crippen LogP contribution in [0.5, 0.6) is 0 Å². The van der Waals surface area contributed by atoms with E-state index in [1.54, 1.807) is 4.90 Å². The molecular weight excluding hydrogens is 282 g/mol. The van der Waals surface area contributed by atoms with Crippen molar-refractivity contribution in [2.24, 2.45) is 5.41 Å². The quantitative estimate of drug-likeness (QED) is 0.727. The fourth-order valence-electron chi connectivity index (χ4n) is 2.99. The van der Waals surface area contributed by atoms with Gasteiger partial charge in [0.15, 0.2) is 0 Å². The van der Waals surface area contributed by atoms with Gasteiger partial charge in [0.25, 0.3) is 10.1 Å². The van der Waals surface area contributed by atoms with Crippen LogP contribution in [0.15, 0.2) is 0 Å².